The van der Waals surface area contributed by atoms with E-state index in [4.69, 9.17) is 17.3 Å². The molecule has 0 aliphatic heterocycles. The number of nitrogens with one attached hydrogen (secondary N) is 1. The lowest BCUT2D eigenvalue weighted by atomic mass is 10.2. The van der Waals surface area contributed by atoms with Gasteiger partial charge in [-0.15, -0.1) is 11.3 Å². The number of aryl methyl sites for hydroxylation is 1. The lowest BCUT2D eigenvalue weighted by molar-refractivity contribution is 1.06. The van der Waals surface area contributed by atoms with E-state index in [0.29, 0.717) is 18.1 Å². The van der Waals surface area contributed by atoms with Crippen LogP contribution in [0.25, 0.3) is 0 Å². The fourth-order valence-electron chi connectivity index (χ4n) is 1.51. The van der Waals surface area contributed by atoms with Crippen LogP contribution < -0.4 is 11.1 Å². The Morgan fingerprint density at radius 2 is 2.35 bits per heavy atom. The molecule has 2 aromatic rings. The van der Waals surface area contributed by atoms with Crippen molar-refractivity contribution in [3.05, 3.63) is 33.4 Å². The number of aromatic nitrogens is 2. The van der Waals surface area contributed by atoms with Crippen molar-refractivity contribution in [3.8, 4) is 0 Å². The summed E-state index contributed by atoms with van der Waals surface area (Å²) in [7, 11) is 0. The maximum absolute atomic E-state index is 5.76. The van der Waals surface area contributed by atoms with E-state index in [1.165, 1.54) is 16.6 Å². The summed E-state index contributed by atoms with van der Waals surface area (Å²) in [5.41, 5.74) is 7.61. The molecule has 0 saturated heterocycles. The molecule has 2 heterocycles. The second kappa shape index (κ2) is 5.33. The van der Waals surface area contributed by atoms with Crippen molar-refractivity contribution >= 4 is 34.4 Å². The molecule has 6 heteroatoms. The van der Waals surface area contributed by atoms with Gasteiger partial charge in [0, 0.05) is 4.88 Å². The first-order chi connectivity index (χ1) is 8.20. The van der Waals surface area contributed by atoms with Gasteiger partial charge in [-0.1, -0.05) is 6.92 Å². The van der Waals surface area contributed by atoms with Crippen LogP contribution in [0, 0.1) is 0 Å². The van der Waals surface area contributed by atoms with Crippen molar-refractivity contribution < 1.29 is 0 Å². The van der Waals surface area contributed by atoms with E-state index in [0.717, 1.165) is 6.42 Å². The standard InChI is InChI=1S/C11H13ClN4S/c1-2-7-3-4-17-9(7)6-14-10-8(13)5-15-11(12)16-10/h3-5H,2,6,13H2,1H3,(H,14,15,16). The highest BCUT2D eigenvalue weighted by Gasteiger charge is 2.05. The van der Waals surface area contributed by atoms with Crippen LogP contribution in [0.1, 0.15) is 17.4 Å². The molecule has 0 unspecified atom stereocenters. The average molecular weight is 269 g/mol. The second-order valence-corrected chi connectivity index (χ2v) is 4.86. The topological polar surface area (TPSA) is 63.8 Å². The fourth-order valence-corrected chi connectivity index (χ4v) is 2.56. The first kappa shape index (κ1) is 12.1. The molecule has 90 valence electrons. The number of halogens is 1. The number of nitrogens with zero attached hydrogens (tertiary/aromatic N) is 2. The van der Waals surface area contributed by atoms with Gasteiger partial charge in [-0.25, -0.2) is 4.98 Å². The zero-order valence-electron chi connectivity index (χ0n) is 9.40. The third kappa shape index (κ3) is 2.87. The molecule has 0 fully saturated rings. The summed E-state index contributed by atoms with van der Waals surface area (Å²) in [6.45, 7) is 2.85. The Kier molecular flexibility index (Phi) is 3.81. The zero-order valence-corrected chi connectivity index (χ0v) is 11.0. The van der Waals surface area contributed by atoms with Crippen LogP contribution in [0.4, 0.5) is 11.5 Å². The summed E-state index contributed by atoms with van der Waals surface area (Å²) >= 11 is 7.44. The molecule has 0 aromatic carbocycles. The predicted molar refractivity (Wildman–Crippen MR) is 72.5 cm³/mol. The van der Waals surface area contributed by atoms with Gasteiger partial charge in [-0.2, -0.15) is 4.98 Å². The quantitative estimate of drug-likeness (QED) is 0.837. The molecule has 0 aliphatic rings. The van der Waals surface area contributed by atoms with Crippen molar-refractivity contribution in [1.82, 2.24) is 9.97 Å². The number of rotatable bonds is 4. The van der Waals surface area contributed by atoms with Gasteiger partial charge in [-0.05, 0) is 35.0 Å². The molecule has 4 nitrogen and oxygen atoms in total. The number of thiophene rings is 1. The van der Waals surface area contributed by atoms with Gasteiger partial charge in [-0.3, -0.25) is 0 Å². The number of nitrogens with two attached hydrogens (primary N) is 1. The summed E-state index contributed by atoms with van der Waals surface area (Å²) in [6.07, 6.45) is 2.54. The zero-order chi connectivity index (χ0) is 12.3. The van der Waals surface area contributed by atoms with Crippen LogP contribution in [-0.2, 0) is 13.0 Å². The first-order valence-corrected chi connectivity index (χ1v) is 6.53. The Morgan fingerprint density at radius 3 is 3.12 bits per heavy atom. The summed E-state index contributed by atoms with van der Waals surface area (Å²) in [6, 6.07) is 2.14. The van der Waals surface area contributed by atoms with Gasteiger partial charge >= 0.3 is 0 Å². The highest BCUT2D eigenvalue weighted by atomic mass is 35.5. The van der Waals surface area contributed by atoms with E-state index in [2.05, 4.69) is 33.7 Å². The highest BCUT2D eigenvalue weighted by molar-refractivity contribution is 7.10. The highest BCUT2D eigenvalue weighted by Crippen LogP contribution is 2.21. The van der Waals surface area contributed by atoms with Crippen molar-refractivity contribution in [2.75, 3.05) is 11.1 Å². The van der Waals surface area contributed by atoms with Crippen LogP contribution >= 0.6 is 22.9 Å². The molecule has 0 amide bonds. The van der Waals surface area contributed by atoms with E-state index in [-0.39, 0.29) is 5.28 Å². The molecule has 0 radical (unpaired) electrons. The molecule has 2 rings (SSSR count). The van der Waals surface area contributed by atoms with Crippen molar-refractivity contribution in [2.24, 2.45) is 0 Å². The van der Waals surface area contributed by atoms with Crippen molar-refractivity contribution in [3.63, 3.8) is 0 Å². The molecule has 3 N–H and O–H groups in total. The molecule has 0 bridgehead atoms. The van der Waals surface area contributed by atoms with Gasteiger partial charge < -0.3 is 11.1 Å². The van der Waals surface area contributed by atoms with Crippen LogP contribution in [-0.4, -0.2) is 9.97 Å². The van der Waals surface area contributed by atoms with Crippen LogP contribution in [0.15, 0.2) is 17.6 Å². The van der Waals surface area contributed by atoms with Gasteiger partial charge in [0.05, 0.1) is 18.4 Å². The van der Waals surface area contributed by atoms with Crippen LogP contribution in [0.2, 0.25) is 5.28 Å². The minimum absolute atomic E-state index is 0.198. The van der Waals surface area contributed by atoms with Gasteiger partial charge in [0.25, 0.3) is 0 Å². The summed E-state index contributed by atoms with van der Waals surface area (Å²) in [4.78, 5) is 9.15. The summed E-state index contributed by atoms with van der Waals surface area (Å²) < 4.78 is 0. The monoisotopic (exact) mass is 268 g/mol. The second-order valence-electron chi connectivity index (χ2n) is 3.52. The Hall–Kier alpha value is -1.33. The lowest BCUT2D eigenvalue weighted by Gasteiger charge is -2.08. The maximum atomic E-state index is 5.76. The van der Waals surface area contributed by atoms with E-state index >= 15 is 0 Å². The Morgan fingerprint density at radius 1 is 1.53 bits per heavy atom. The van der Waals surface area contributed by atoms with E-state index in [1.807, 2.05) is 0 Å². The Bertz CT molecular complexity index is 512. The van der Waals surface area contributed by atoms with Crippen LogP contribution in [0.3, 0.4) is 0 Å². The minimum atomic E-state index is 0.198. The van der Waals surface area contributed by atoms with Gasteiger partial charge in [0.2, 0.25) is 5.28 Å². The summed E-state index contributed by atoms with van der Waals surface area (Å²) in [5, 5.41) is 5.47. The largest absolute Gasteiger partial charge is 0.394 e. The molecular weight excluding hydrogens is 256 g/mol. The predicted octanol–water partition coefficient (Wildman–Crippen LogP) is 2.95. The van der Waals surface area contributed by atoms with Crippen molar-refractivity contribution in [1.29, 1.82) is 0 Å². The number of nitrogen functional groups attached to an aromatic ring is 1. The van der Waals surface area contributed by atoms with E-state index in [9.17, 15) is 0 Å². The molecule has 0 saturated carbocycles. The first-order valence-electron chi connectivity index (χ1n) is 5.27. The maximum Gasteiger partial charge on any atom is 0.224 e. The van der Waals surface area contributed by atoms with Crippen molar-refractivity contribution in [2.45, 2.75) is 19.9 Å². The molecule has 2 aromatic heterocycles. The lowest BCUT2D eigenvalue weighted by Crippen LogP contribution is -2.05. The SMILES string of the molecule is CCc1ccsc1CNc1nc(Cl)ncc1N. The minimum Gasteiger partial charge on any atom is -0.394 e. The van der Waals surface area contributed by atoms with Gasteiger partial charge in [0.15, 0.2) is 5.82 Å². The number of hydrogen-bond donors (Lipinski definition) is 2. The Labute approximate surface area is 109 Å². The molecule has 0 spiro atoms. The molecule has 0 aliphatic carbocycles. The molecular formula is C11H13ClN4S. The van der Waals surface area contributed by atoms with Gasteiger partial charge in [0.1, 0.15) is 0 Å². The molecule has 17 heavy (non-hydrogen) atoms. The average Bonchev–Trinajstić information content (AvgIpc) is 2.77. The normalized spacial score (nSPS) is 10.5. The third-order valence-electron chi connectivity index (χ3n) is 2.42. The molecule has 0 atom stereocenters. The Balaban J connectivity index is 2.09. The van der Waals surface area contributed by atoms with E-state index in [1.54, 1.807) is 11.3 Å². The smallest absolute Gasteiger partial charge is 0.224 e. The third-order valence-corrected chi connectivity index (χ3v) is 3.57. The fraction of sp³-hybridized carbons (Fsp3) is 0.273. The summed E-state index contributed by atoms with van der Waals surface area (Å²) in [5.74, 6) is 0.584. The van der Waals surface area contributed by atoms with E-state index < -0.39 is 0 Å². The number of anilines is 2. The number of hydrogen-bond acceptors (Lipinski definition) is 5. The van der Waals surface area contributed by atoms with Crippen LogP contribution in [0.5, 0.6) is 0 Å².